The molecule has 0 aromatic heterocycles. The first-order chi connectivity index (χ1) is 13.9. The van der Waals surface area contributed by atoms with Crippen molar-refractivity contribution < 1.29 is 27.4 Å². The summed E-state index contributed by atoms with van der Waals surface area (Å²) < 4.78 is 50.0. The highest BCUT2D eigenvalue weighted by atomic mass is 19.4. The maximum absolute atomic E-state index is 13.1. The van der Waals surface area contributed by atoms with Gasteiger partial charge in [0.2, 0.25) is 6.79 Å². The molecule has 2 aromatic carbocycles. The molecule has 0 saturated carbocycles. The van der Waals surface area contributed by atoms with Crippen LogP contribution in [0, 0.1) is 0 Å². The third-order valence-electron chi connectivity index (χ3n) is 5.30. The fraction of sp³-hybridized carbons (Fsp3) is 0.381. The number of ether oxygens (including phenoxy) is 2. The van der Waals surface area contributed by atoms with Crippen LogP contribution in [0.5, 0.6) is 11.5 Å². The number of nitrogens with zero attached hydrogens (tertiary/aromatic N) is 2. The van der Waals surface area contributed by atoms with Gasteiger partial charge in [-0.2, -0.15) is 13.2 Å². The highest BCUT2D eigenvalue weighted by Gasteiger charge is 2.33. The van der Waals surface area contributed by atoms with Crippen molar-refractivity contribution in [2.45, 2.75) is 12.6 Å². The molecule has 2 aromatic rings. The van der Waals surface area contributed by atoms with Gasteiger partial charge in [0.15, 0.2) is 11.5 Å². The normalized spacial score (nSPS) is 16.9. The molecule has 0 spiro atoms. The summed E-state index contributed by atoms with van der Waals surface area (Å²) in [5, 5.41) is 0. The average Bonchev–Trinajstić information content (AvgIpc) is 3.19. The van der Waals surface area contributed by atoms with Gasteiger partial charge in [-0.1, -0.05) is 18.2 Å². The summed E-state index contributed by atoms with van der Waals surface area (Å²) in [6, 6.07) is 10.8. The first-order valence-corrected chi connectivity index (χ1v) is 9.48. The minimum absolute atomic E-state index is 0.0784. The third kappa shape index (κ3) is 4.32. The van der Waals surface area contributed by atoms with E-state index in [-0.39, 0.29) is 12.7 Å². The van der Waals surface area contributed by atoms with Gasteiger partial charge in [0, 0.05) is 38.3 Å². The fourth-order valence-electron chi connectivity index (χ4n) is 3.68. The summed E-state index contributed by atoms with van der Waals surface area (Å²) in [6.07, 6.45) is -4.02. The van der Waals surface area contributed by atoms with Crippen molar-refractivity contribution in [2.24, 2.45) is 0 Å². The number of halogens is 3. The quantitative estimate of drug-likeness (QED) is 0.780. The molecule has 29 heavy (non-hydrogen) atoms. The Morgan fingerprint density at radius 3 is 2.45 bits per heavy atom. The highest BCUT2D eigenvalue weighted by molar-refractivity contribution is 5.95. The van der Waals surface area contributed by atoms with E-state index in [1.54, 1.807) is 29.2 Å². The van der Waals surface area contributed by atoms with E-state index in [9.17, 15) is 18.0 Å². The summed E-state index contributed by atoms with van der Waals surface area (Å²) in [7, 11) is 0. The zero-order valence-corrected chi connectivity index (χ0v) is 15.7. The van der Waals surface area contributed by atoms with Crippen LogP contribution in [-0.4, -0.2) is 55.2 Å². The standard InChI is InChI=1S/C21H21F3N2O3/c22-21(23,24)17-4-2-1-3-15(17)7-8-25-9-11-26(12-10-25)20(27)16-5-6-18-19(13-16)29-14-28-18/h1-6,13H,7-12,14H2. The van der Waals surface area contributed by atoms with Crippen LogP contribution in [0.1, 0.15) is 21.5 Å². The maximum atomic E-state index is 13.1. The lowest BCUT2D eigenvalue weighted by Gasteiger charge is -2.35. The number of hydrogen-bond acceptors (Lipinski definition) is 4. The van der Waals surface area contributed by atoms with E-state index in [0.29, 0.717) is 61.8 Å². The van der Waals surface area contributed by atoms with Crippen LogP contribution in [-0.2, 0) is 12.6 Å². The second kappa shape index (κ2) is 7.94. The summed E-state index contributed by atoms with van der Waals surface area (Å²) in [5.74, 6) is 1.12. The summed E-state index contributed by atoms with van der Waals surface area (Å²) in [6.45, 7) is 3.01. The van der Waals surface area contributed by atoms with E-state index in [1.165, 1.54) is 12.1 Å². The van der Waals surface area contributed by atoms with Gasteiger partial charge in [-0.05, 0) is 36.2 Å². The minimum Gasteiger partial charge on any atom is -0.454 e. The molecule has 0 N–H and O–H groups in total. The molecule has 0 unspecified atom stereocenters. The summed E-state index contributed by atoms with van der Waals surface area (Å²) in [5.41, 5.74) is 0.275. The van der Waals surface area contributed by atoms with Crippen LogP contribution < -0.4 is 9.47 Å². The number of alkyl halides is 3. The number of carbonyl (C=O) groups is 1. The molecule has 4 rings (SSSR count). The maximum Gasteiger partial charge on any atom is 0.416 e. The molecule has 0 bridgehead atoms. The van der Waals surface area contributed by atoms with Gasteiger partial charge in [-0.15, -0.1) is 0 Å². The number of benzene rings is 2. The Bertz CT molecular complexity index is 893. The first kappa shape index (κ1) is 19.6. The summed E-state index contributed by atoms with van der Waals surface area (Å²) in [4.78, 5) is 16.6. The molecule has 0 atom stereocenters. The first-order valence-electron chi connectivity index (χ1n) is 9.48. The molecule has 2 aliphatic rings. The molecule has 0 aliphatic carbocycles. The van der Waals surface area contributed by atoms with Gasteiger partial charge < -0.3 is 14.4 Å². The van der Waals surface area contributed by atoms with E-state index in [1.807, 2.05) is 0 Å². The number of fused-ring (bicyclic) bond motifs is 1. The third-order valence-corrected chi connectivity index (χ3v) is 5.30. The van der Waals surface area contributed by atoms with Crippen LogP contribution in [0.4, 0.5) is 13.2 Å². The van der Waals surface area contributed by atoms with Gasteiger partial charge in [-0.3, -0.25) is 9.69 Å². The largest absolute Gasteiger partial charge is 0.454 e. The van der Waals surface area contributed by atoms with Gasteiger partial charge in [0.1, 0.15) is 0 Å². The molecule has 8 heteroatoms. The van der Waals surface area contributed by atoms with Gasteiger partial charge in [-0.25, -0.2) is 0 Å². The van der Waals surface area contributed by atoms with Crippen molar-refractivity contribution in [2.75, 3.05) is 39.5 Å². The van der Waals surface area contributed by atoms with Crippen molar-refractivity contribution in [1.82, 2.24) is 9.80 Å². The van der Waals surface area contributed by atoms with Crippen LogP contribution in [0.3, 0.4) is 0 Å². The number of carbonyl (C=O) groups excluding carboxylic acids is 1. The fourth-order valence-corrected chi connectivity index (χ4v) is 3.68. The van der Waals surface area contributed by atoms with Crippen molar-refractivity contribution in [1.29, 1.82) is 0 Å². The van der Waals surface area contributed by atoms with Crippen molar-refractivity contribution in [3.05, 3.63) is 59.2 Å². The SMILES string of the molecule is O=C(c1ccc2c(c1)OCO2)N1CCN(CCc2ccccc2C(F)(F)F)CC1. The van der Waals surface area contributed by atoms with E-state index >= 15 is 0 Å². The van der Waals surface area contributed by atoms with Crippen molar-refractivity contribution in [3.8, 4) is 11.5 Å². The molecule has 154 valence electrons. The second-order valence-electron chi connectivity index (χ2n) is 7.11. The average molecular weight is 406 g/mol. The highest BCUT2D eigenvalue weighted by Crippen LogP contribution is 2.33. The molecule has 1 fully saturated rings. The smallest absolute Gasteiger partial charge is 0.416 e. The Kier molecular flexibility index (Phi) is 5.36. The summed E-state index contributed by atoms with van der Waals surface area (Å²) >= 11 is 0. The topological polar surface area (TPSA) is 42.0 Å². The molecule has 1 saturated heterocycles. The van der Waals surface area contributed by atoms with E-state index in [0.717, 1.165) is 6.07 Å². The number of rotatable bonds is 4. The Morgan fingerprint density at radius 1 is 0.966 bits per heavy atom. The van der Waals surface area contributed by atoms with E-state index < -0.39 is 11.7 Å². The van der Waals surface area contributed by atoms with Crippen LogP contribution >= 0.6 is 0 Å². The Hall–Kier alpha value is -2.74. The lowest BCUT2D eigenvalue weighted by Crippen LogP contribution is -2.49. The predicted molar refractivity (Wildman–Crippen MR) is 100 cm³/mol. The molecule has 2 aliphatic heterocycles. The monoisotopic (exact) mass is 406 g/mol. The zero-order valence-electron chi connectivity index (χ0n) is 15.7. The van der Waals surface area contributed by atoms with Crippen LogP contribution in [0.25, 0.3) is 0 Å². The van der Waals surface area contributed by atoms with Crippen LogP contribution in [0.2, 0.25) is 0 Å². The molecule has 5 nitrogen and oxygen atoms in total. The van der Waals surface area contributed by atoms with Gasteiger partial charge in [0.25, 0.3) is 5.91 Å². The van der Waals surface area contributed by atoms with E-state index in [4.69, 9.17) is 9.47 Å². The predicted octanol–water partition coefficient (Wildman–Crippen LogP) is 3.43. The Balaban J connectivity index is 1.32. The number of piperazine rings is 1. The number of hydrogen-bond donors (Lipinski definition) is 0. The van der Waals surface area contributed by atoms with Crippen LogP contribution in [0.15, 0.2) is 42.5 Å². The Labute approximate surface area is 166 Å². The van der Waals surface area contributed by atoms with Crippen molar-refractivity contribution >= 4 is 5.91 Å². The van der Waals surface area contributed by atoms with E-state index in [2.05, 4.69) is 4.90 Å². The number of amides is 1. The Morgan fingerprint density at radius 2 is 1.69 bits per heavy atom. The minimum atomic E-state index is -4.34. The van der Waals surface area contributed by atoms with Gasteiger partial charge in [0.05, 0.1) is 5.56 Å². The molecule has 1 amide bonds. The lowest BCUT2D eigenvalue weighted by atomic mass is 10.0. The second-order valence-corrected chi connectivity index (χ2v) is 7.11. The van der Waals surface area contributed by atoms with Crippen molar-refractivity contribution in [3.63, 3.8) is 0 Å². The zero-order chi connectivity index (χ0) is 20.4. The molecular formula is C21H21F3N2O3. The molecule has 0 radical (unpaired) electrons. The molecule has 2 heterocycles. The van der Waals surface area contributed by atoms with Gasteiger partial charge >= 0.3 is 6.18 Å². The molecular weight excluding hydrogens is 385 g/mol. The lowest BCUT2D eigenvalue weighted by molar-refractivity contribution is -0.138.